The van der Waals surface area contributed by atoms with Crippen molar-refractivity contribution in [1.82, 2.24) is 0 Å². The summed E-state index contributed by atoms with van der Waals surface area (Å²) in [7, 11) is 2.00. The summed E-state index contributed by atoms with van der Waals surface area (Å²) < 4.78 is 11.4. The van der Waals surface area contributed by atoms with Crippen LogP contribution in [0.25, 0.3) is 0 Å². The lowest BCUT2D eigenvalue weighted by Gasteiger charge is -2.33. The molecule has 3 nitrogen and oxygen atoms in total. The van der Waals surface area contributed by atoms with E-state index in [1.807, 2.05) is 32.3 Å². The minimum absolute atomic E-state index is 0.0281. The Morgan fingerprint density at radius 3 is 2.79 bits per heavy atom. The van der Waals surface area contributed by atoms with E-state index in [9.17, 15) is 4.79 Å². The molecule has 1 fully saturated rings. The summed E-state index contributed by atoms with van der Waals surface area (Å²) >= 11 is 0. The Bertz CT molecular complexity index is 480. The Labute approximate surface area is 114 Å². The fraction of sp³-hybridized carbons (Fsp3) is 0.533. The van der Waals surface area contributed by atoms with E-state index < -0.39 is 0 Å². The van der Waals surface area contributed by atoms with Crippen molar-refractivity contribution in [2.45, 2.75) is 32.2 Å². The van der Waals surface area contributed by atoms with Gasteiger partial charge < -0.3 is 9.47 Å². The Kier molecular flexibility index (Phi) is 3.60. The van der Waals surface area contributed by atoms with Gasteiger partial charge in [0.15, 0.2) is 5.78 Å². The monoisotopic (exact) mass is 257 g/mol. The molecule has 1 unspecified atom stereocenters. The molecule has 0 N–H and O–H groups in total. The van der Waals surface area contributed by atoms with Gasteiger partial charge in [0.1, 0.15) is 19.1 Å². The number of rotatable bonds is 2. The Morgan fingerprint density at radius 1 is 1.26 bits per heavy atom. The summed E-state index contributed by atoms with van der Waals surface area (Å²) in [5.74, 6) is 1.41. The molecule has 1 atom stereocenters. The van der Waals surface area contributed by atoms with Crippen molar-refractivity contribution in [2.75, 3.05) is 13.2 Å². The van der Waals surface area contributed by atoms with Gasteiger partial charge >= 0.3 is 0 Å². The maximum absolute atomic E-state index is 12.3. The van der Waals surface area contributed by atoms with Gasteiger partial charge in [-0.2, -0.15) is 0 Å². The molecule has 1 radical (unpaired) electrons. The Hall–Kier alpha value is -1.29. The van der Waals surface area contributed by atoms with Crippen LogP contribution in [0.1, 0.15) is 29.6 Å². The fourth-order valence-corrected chi connectivity index (χ4v) is 2.90. The summed E-state index contributed by atoms with van der Waals surface area (Å²) in [4.78, 5) is 12.3. The number of carbonyl (C=O) groups excluding carboxylic acids is 1. The Morgan fingerprint density at radius 2 is 2.05 bits per heavy atom. The zero-order valence-electron chi connectivity index (χ0n) is 11.2. The highest BCUT2D eigenvalue weighted by molar-refractivity contribution is 6.52. The van der Waals surface area contributed by atoms with Gasteiger partial charge in [-0.25, -0.2) is 0 Å². The maximum atomic E-state index is 12.3. The second kappa shape index (κ2) is 5.37. The largest absolute Gasteiger partial charge is 0.489 e. The zero-order valence-corrected chi connectivity index (χ0v) is 11.2. The first-order chi connectivity index (χ1) is 9.28. The maximum Gasteiger partial charge on any atom is 0.170 e. The van der Waals surface area contributed by atoms with Crippen molar-refractivity contribution in [3.63, 3.8) is 0 Å². The van der Waals surface area contributed by atoms with E-state index in [2.05, 4.69) is 0 Å². The summed E-state index contributed by atoms with van der Waals surface area (Å²) in [6.45, 7) is 3.55. The molecule has 0 saturated carbocycles. The number of Topliss-reactive ketones (excluding diaryl/α,β-unsaturated/α-hetero) is 1. The van der Waals surface area contributed by atoms with E-state index in [1.165, 1.54) is 0 Å². The predicted octanol–water partition coefficient (Wildman–Crippen LogP) is 1.82. The van der Waals surface area contributed by atoms with Gasteiger partial charge in [-0.05, 0) is 18.9 Å². The average molecular weight is 257 g/mol. The highest BCUT2D eigenvalue weighted by atomic mass is 16.5. The lowest BCUT2D eigenvalue weighted by molar-refractivity contribution is 0.0120. The van der Waals surface area contributed by atoms with Crippen LogP contribution in [0, 0.1) is 5.92 Å². The van der Waals surface area contributed by atoms with E-state index >= 15 is 0 Å². The normalized spacial score (nSPS) is 23.6. The molecule has 2 heterocycles. The van der Waals surface area contributed by atoms with Crippen LogP contribution >= 0.6 is 0 Å². The molecule has 0 aliphatic carbocycles. The number of hydrogen-bond acceptors (Lipinski definition) is 3. The summed E-state index contributed by atoms with van der Waals surface area (Å²) in [6.07, 6.45) is 2.52. The summed E-state index contributed by atoms with van der Waals surface area (Å²) in [5.41, 5.74) is 1.80. The number of ketones is 1. The molecule has 2 aliphatic rings. The Balaban J connectivity index is 1.81. The van der Waals surface area contributed by atoms with E-state index in [1.54, 1.807) is 0 Å². The van der Waals surface area contributed by atoms with E-state index in [0.717, 1.165) is 42.8 Å². The molecule has 0 aromatic heterocycles. The van der Waals surface area contributed by atoms with Gasteiger partial charge in [0.05, 0.1) is 5.56 Å². The van der Waals surface area contributed by atoms with Gasteiger partial charge in [0.25, 0.3) is 0 Å². The SMILES string of the molecule is C[B]c1ccc2c(c1)C(=O)CC(C1CCOCC1)O2. The molecule has 99 valence electrons. The lowest BCUT2D eigenvalue weighted by atomic mass is 9.72. The first kappa shape index (κ1) is 12.7. The lowest BCUT2D eigenvalue weighted by Crippen LogP contribution is -2.37. The van der Waals surface area contributed by atoms with Crippen LogP contribution in [0.5, 0.6) is 5.75 Å². The van der Waals surface area contributed by atoms with Crippen molar-refractivity contribution in [2.24, 2.45) is 5.92 Å². The quantitative estimate of drug-likeness (QED) is 0.758. The molecule has 0 spiro atoms. The molecular formula is C15H18BO3. The predicted molar refractivity (Wildman–Crippen MR) is 74.6 cm³/mol. The smallest absolute Gasteiger partial charge is 0.170 e. The third-order valence-corrected chi connectivity index (χ3v) is 4.09. The number of ether oxygens (including phenoxy) is 2. The first-order valence-corrected chi connectivity index (χ1v) is 6.99. The molecular weight excluding hydrogens is 239 g/mol. The average Bonchev–Trinajstić information content (AvgIpc) is 2.48. The van der Waals surface area contributed by atoms with Crippen molar-refractivity contribution in [3.8, 4) is 5.75 Å². The van der Waals surface area contributed by atoms with Gasteiger partial charge in [-0.15, -0.1) is 0 Å². The highest BCUT2D eigenvalue weighted by Gasteiger charge is 2.33. The summed E-state index contributed by atoms with van der Waals surface area (Å²) in [5, 5.41) is 0. The number of fused-ring (bicyclic) bond motifs is 1. The van der Waals surface area contributed by atoms with Gasteiger partial charge in [-0.1, -0.05) is 24.4 Å². The van der Waals surface area contributed by atoms with E-state index in [0.29, 0.717) is 12.3 Å². The molecule has 3 rings (SSSR count). The van der Waals surface area contributed by atoms with Crippen LogP contribution in [0.4, 0.5) is 0 Å². The number of hydrogen-bond donors (Lipinski definition) is 0. The number of benzene rings is 1. The van der Waals surface area contributed by atoms with Crippen molar-refractivity contribution < 1.29 is 14.3 Å². The third kappa shape index (κ3) is 2.54. The first-order valence-electron chi connectivity index (χ1n) is 6.99. The van der Waals surface area contributed by atoms with Gasteiger partial charge in [0, 0.05) is 25.6 Å². The van der Waals surface area contributed by atoms with Crippen molar-refractivity contribution >= 4 is 18.5 Å². The van der Waals surface area contributed by atoms with E-state index in [4.69, 9.17) is 9.47 Å². The highest BCUT2D eigenvalue weighted by Crippen LogP contribution is 2.32. The zero-order chi connectivity index (χ0) is 13.2. The van der Waals surface area contributed by atoms with Gasteiger partial charge in [-0.3, -0.25) is 4.79 Å². The fourth-order valence-electron chi connectivity index (χ4n) is 2.90. The second-order valence-electron chi connectivity index (χ2n) is 5.28. The van der Waals surface area contributed by atoms with Gasteiger partial charge in [0.2, 0.25) is 0 Å². The van der Waals surface area contributed by atoms with Crippen molar-refractivity contribution in [3.05, 3.63) is 23.8 Å². The standard InChI is InChI=1S/C15H18BO3/c1-16-11-2-3-14-12(8-11)13(17)9-15(19-14)10-4-6-18-7-5-10/h2-3,8,10,15H,4-7,9H2,1H3. The molecule has 1 aromatic carbocycles. The van der Waals surface area contributed by atoms with Crippen LogP contribution in [-0.2, 0) is 4.74 Å². The van der Waals surface area contributed by atoms with Crippen LogP contribution in [0.3, 0.4) is 0 Å². The number of carbonyl (C=O) groups is 1. The minimum atomic E-state index is 0.0281. The minimum Gasteiger partial charge on any atom is -0.489 e. The van der Waals surface area contributed by atoms with Crippen LogP contribution in [-0.4, -0.2) is 32.4 Å². The molecule has 4 heteroatoms. The molecule has 0 amide bonds. The molecule has 1 aromatic rings. The molecule has 2 aliphatic heterocycles. The summed E-state index contributed by atoms with van der Waals surface area (Å²) in [6, 6.07) is 5.85. The third-order valence-electron chi connectivity index (χ3n) is 4.09. The van der Waals surface area contributed by atoms with Crippen LogP contribution in [0.2, 0.25) is 6.82 Å². The molecule has 1 saturated heterocycles. The molecule has 19 heavy (non-hydrogen) atoms. The van der Waals surface area contributed by atoms with Crippen LogP contribution in [0.15, 0.2) is 18.2 Å². The van der Waals surface area contributed by atoms with Crippen LogP contribution < -0.4 is 10.2 Å². The second-order valence-corrected chi connectivity index (χ2v) is 5.28. The molecule has 0 bridgehead atoms. The van der Waals surface area contributed by atoms with Crippen molar-refractivity contribution in [1.29, 1.82) is 0 Å². The topological polar surface area (TPSA) is 35.5 Å². The van der Waals surface area contributed by atoms with E-state index in [-0.39, 0.29) is 11.9 Å².